The highest BCUT2D eigenvalue weighted by Gasteiger charge is 2.29. The number of Topliss-reactive ketones (excluding diaryl/α,β-unsaturated/α-hetero) is 1. The maximum atomic E-state index is 12.6. The van der Waals surface area contributed by atoms with E-state index in [0.717, 1.165) is 24.0 Å². The number of fused-ring (bicyclic) bond motifs is 1. The van der Waals surface area contributed by atoms with Crippen LogP contribution in [0.15, 0.2) is 48.5 Å². The average molecular weight is 236 g/mol. The molecule has 0 saturated heterocycles. The molecule has 0 heterocycles. The van der Waals surface area contributed by atoms with Crippen LogP contribution in [0.1, 0.15) is 39.4 Å². The van der Waals surface area contributed by atoms with Crippen molar-refractivity contribution in [2.45, 2.75) is 25.7 Å². The molecule has 0 amide bonds. The number of carbonyl (C=O) groups excluding carboxylic acids is 1. The normalized spacial score (nSPS) is 17.5. The van der Waals surface area contributed by atoms with Crippen LogP contribution in [0.5, 0.6) is 0 Å². The van der Waals surface area contributed by atoms with Crippen molar-refractivity contribution in [2.75, 3.05) is 0 Å². The van der Waals surface area contributed by atoms with Crippen LogP contribution >= 0.6 is 0 Å². The molecule has 1 aliphatic rings. The predicted octanol–water partition coefficient (Wildman–Crippen LogP) is 3.91. The summed E-state index contributed by atoms with van der Waals surface area (Å²) in [6, 6.07) is 16.2. The van der Waals surface area contributed by atoms with Gasteiger partial charge in [-0.05, 0) is 36.5 Å². The standard InChI is InChI=1S/C17H16O/c1-12-6-2-4-8-14(12)17(18)16-11-10-13-7-3-5-9-15(13)16/h2-9,16H,10-11H2,1H3. The van der Waals surface area contributed by atoms with E-state index in [1.54, 1.807) is 0 Å². The Labute approximate surface area is 107 Å². The monoisotopic (exact) mass is 236 g/mol. The van der Waals surface area contributed by atoms with Crippen LogP contribution in [-0.2, 0) is 6.42 Å². The third-order valence-corrected chi connectivity index (χ3v) is 3.86. The molecule has 0 spiro atoms. The lowest BCUT2D eigenvalue weighted by atomic mass is 9.90. The van der Waals surface area contributed by atoms with E-state index in [9.17, 15) is 4.79 Å². The fraction of sp³-hybridized carbons (Fsp3) is 0.235. The molecular weight excluding hydrogens is 220 g/mol. The Morgan fingerprint density at radius 2 is 1.78 bits per heavy atom. The zero-order valence-corrected chi connectivity index (χ0v) is 10.5. The Hall–Kier alpha value is -1.89. The van der Waals surface area contributed by atoms with Gasteiger partial charge < -0.3 is 0 Å². The van der Waals surface area contributed by atoms with Gasteiger partial charge in [-0.15, -0.1) is 0 Å². The SMILES string of the molecule is Cc1ccccc1C(=O)C1CCc2ccccc21. The van der Waals surface area contributed by atoms with Crippen LogP contribution in [0.3, 0.4) is 0 Å². The van der Waals surface area contributed by atoms with Gasteiger partial charge in [-0.2, -0.15) is 0 Å². The van der Waals surface area contributed by atoms with Crippen LogP contribution in [0.25, 0.3) is 0 Å². The van der Waals surface area contributed by atoms with Crippen molar-refractivity contribution in [2.24, 2.45) is 0 Å². The molecule has 0 aromatic heterocycles. The van der Waals surface area contributed by atoms with Crippen molar-refractivity contribution in [3.05, 3.63) is 70.8 Å². The molecule has 1 aliphatic carbocycles. The zero-order chi connectivity index (χ0) is 12.5. The third kappa shape index (κ3) is 1.76. The fourth-order valence-electron chi connectivity index (χ4n) is 2.87. The summed E-state index contributed by atoms with van der Waals surface area (Å²) in [5, 5.41) is 0. The second kappa shape index (κ2) is 4.41. The smallest absolute Gasteiger partial charge is 0.170 e. The van der Waals surface area contributed by atoms with Gasteiger partial charge in [0.2, 0.25) is 0 Å². The summed E-state index contributed by atoms with van der Waals surface area (Å²) < 4.78 is 0. The molecule has 1 atom stereocenters. The first-order valence-corrected chi connectivity index (χ1v) is 6.45. The number of aryl methyl sites for hydroxylation is 2. The summed E-state index contributed by atoms with van der Waals surface area (Å²) >= 11 is 0. The Balaban J connectivity index is 1.99. The lowest BCUT2D eigenvalue weighted by Crippen LogP contribution is -2.11. The summed E-state index contributed by atoms with van der Waals surface area (Å²) in [7, 11) is 0. The molecule has 0 radical (unpaired) electrons. The van der Waals surface area contributed by atoms with E-state index in [1.165, 1.54) is 11.1 Å². The number of benzene rings is 2. The molecule has 0 aliphatic heterocycles. The second-order valence-electron chi connectivity index (χ2n) is 4.97. The van der Waals surface area contributed by atoms with Crippen LogP contribution in [0, 0.1) is 6.92 Å². The first kappa shape index (κ1) is 11.2. The van der Waals surface area contributed by atoms with Gasteiger partial charge in [0, 0.05) is 11.5 Å². The molecule has 18 heavy (non-hydrogen) atoms. The van der Waals surface area contributed by atoms with Crippen LogP contribution in [0.4, 0.5) is 0 Å². The number of rotatable bonds is 2. The number of carbonyl (C=O) groups is 1. The van der Waals surface area contributed by atoms with Gasteiger partial charge in [0.05, 0.1) is 0 Å². The Morgan fingerprint density at radius 3 is 2.61 bits per heavy atom. The quantitative estimate of drug-likeness (QED) is 0.722. The van der Waals surface area contributed by atoms with Crippen molar-refractivity contribution in [1.29, 1.82) is 0 Å². The molecule has 3 rings (SSSR count). The highest BCUT2D eigenvalue weighted by atomic mass is 16.1. The topological polar surface area (TPSA) is 17.1 Å². The van der Waals surface area contributed by atoms with Crippen molar-refractivity contribution in [3.8, 4) is 0 Å². The first-order valence-electron chi connectivity index (χ1n) is 6.45. The van der Waals surface area contributed by atoms with E-state index < -0.39 is 0 Å². The Bertz CT molecular complexity index is 598. The molecule has 0 N–H and O–H groups in total. The molecule has 90 valence electrons. The molecule has 0 saturated carbocycles. The van der Waals surface area contributed by atoms with E-state index in [1.807, 2.05) is 37.3 Å². The lowest BCUT2D eigenvalue weighted by Gasteiger charge is -2.12. The highest BCUT2D eigenvalue weighted by molar-refractivity contribution is 6.02. The minimum Gasteiger partial charge on any atom is -0.293 e. The number of hydrogen-bond acceptors (Lipinski definition) is 1. The molecule has 2 aromatic rings. The van der Waals surface area contributed by atoms with E-state index in [2.05, 4.69) is 18.2 Å². The van der Waals surface area contributed by atoms with Crippen LogP contribution in [0.2, 0.25) is 0 Å². The third-order valence-electron chi connectivity index (χ3n) is 3.86. The largest absolute Gasteiger partial charge is 0.293 e. The zero-order valence-electron chi connectivity index (χ0n) is 10.5. The average Bonchev–Trinajstić information content (AvgIpc) is 2.82. The maximum absolute atomic E-state index is 12.6. The molecule has 0 bridgehead atoms. The summed E-state index contributed by atoms with van der Waals surface area (Å²) in [5.74, 6) is 0.334. The summed E-state index contributed by atoms with van der Waals surface area (Å²) in [6.45, 7) is 2.01. The van der Waals surface area contributed by atoms with E-state index in [0.29, 0.717) is 0 Å². The van der Waals surface area contributed by atoms with Gasteiger partial charge in [0.25, 0.3) is 0 Å². The summed E-state index contributed by atoms with van der Waals surface area (Å²) in [5.41, 5.74) is 4.52. The molecule has 2 aromatic carbocycles. The van der Waals surface area contributed by atoms with Crippen molar-refractivity contribution in [3.63, 3.8) is 0 Å². The number of ketones is 1. The van der Waals surface area contributed by atoms with Crippen molar-refractivity contribution >= 4 is 5.78 Å². The number of hydrogen-bond donors (Lipinski definition) is 0. The van der Waals surface area contributed by atoms with Crippen molar-refractivity contribution in [1.82, 2.24) is 0 Å². The maximum Gasteiger partial charge on any atom is 0.170 e. The van der Waals surface area contributed by atoms with Gasteiger partial charge >= 0.3 is 0 Å². The summed E-state index contributed by atoms with van der Waals surface area (Å²) in [4.78, 5) is 12.6. The molecular formula is C17H16O. The summed E-state index contributed by atoms with van der Waals surface area (Å²) in [6.07, 6.45) is 1.98. The van der Waals surface area contributed by atoms with Gasteiger partial charge in [0.15, 0.2) is 5.78 Å². The van der Waals surface area contributed by atoms with E-state index in [4.69, 9.17) is 0 Å². The fourth-order valence-corrected chi connectivity index (χ4v) is 2.87. The van der Waals surface area contributed by atoms with Crippen molar-refractivity contribution < 1.29 is 4.79 Å². The Morgan fingerprint density at radius 1 is 1.06 bits per heavy atom. The minimum atomic E-state index is 0.0577. The Kier molecular flexibility index (Phi) is 2.75. The van der Waals surface area contributed by atoms with Crippen LogP contribution in [-0.4, -0.2) is 5.78 Å². The predicted molar refractivity (Wildman–Crippen MR) is 73.0 cm³/mol. The minimum absolute atomic E-state index is 0.0577. The molecule has 1 unspecified atom stereocenters. The molecule has 1 nitrogen and oxygen atoms in total. The van der Waals surface area contributed by atoms with Gasteiger partial charge in [-0.25, -0.2) is 0 Å². The first-order chi connectivity index (χ1) is 8.77. The highest BCUT2D eigenvalue weighted by Crippen LogP contribution is 2.35. The molecule has 1 heteroatoms. The van der Waals surface area contributed by atoms with Gasteiger partial charge in [0.1, 0.15) is 0 Å². The molecule has 0 fully saturated rings. The van der Waals surface area contributed by atoms with E-state index in [-0.39, 0.29) is 11.7 Å². The lowest BCUT2D eigenvalue weighted by molar-refractivity contribution is 0.0959. The second-order valence-corrected chi connectivity index (χ2v) is 4.97. The van der Waals surface area contributed by atoms with Gasteiger partial charge in [-0.3, -0.25) is 4.79 Å². The van der Waals surface area contributed by atoms with Crippen LogP contribution < -0.4 is 0 Å². The van der Waals surface area contributed by atoms with Gasteiger partial charge in [-0.1, -0.05) is 48.5 Å². The van der Waals surface area contributed by atoms with E-state index >= 15 is 0 Å².